The van der Waals surface area contributed by atoms with Crippen LogP contribution in [0.1, 0.15) is 60.8 Å². The molecule has 0 spiro atoms. The van der Waals surface area contributed by atoms with Crippen LogP contribution in [0.5, 0.6) is 0 Å². The lowest BCUT2D eigenvalue weighted by Crippen LogP contribution is -2.27. The Morgan fingerprint density at radius 3 is 1.59 bits per heavy atom. The highest BCUT2D eigenvalue weighted by Crippen LogP contribution is 1.88. The van der Waals surface area contributed by atoms with Crippen LogP contribution in [0.3, 0.4) is 0 Å². The Morgan fingerprint density at radius 1 is 0.824 bits per heavy atom. The Kier molecular flexibility index (Phi) is 25.5. The van der Waals surface area contributed by atoms with Crippen molar-refractivity contribution in [2.45, 2.75) is 60.8 Å². The van der Waals surface area contributed by atoms with Crippen LogP contribution >= 0.6 is 0 Å². The Balaban J connectivity index is -0.000000439. The van der Waals surface area contributed by atoms with Gasteiger partial charge in [-0.3, -0.25) is 9.59 Å². The van der Waals surface area contributed by atoms with E-state index < -0.39 is 0 Å². The quantitative estimate of drug-likeness (QED) is 0.756. The largest absolute Gasteiger partial charge is 0.356 e. The van der Waals surface area contributed by atoms with Crippen molar-refractivity contribution in [1.29, 1.82) is 0 Å². The van der Waals surface area contributed by atoms with Crippen molar-refractivity contribution < 1.29 is 9.59 Å². The van der Waals surface area contributed by atoms with Crippen LogP contribution in [0.25, 0.3) is 0 Å². The summed E-state index contributed by atoms with van der Waals surface area (Å²) in [7, 11) is 0. The van der Waals surface area contributed by atoms with Crippen LogP contribution in [0.15, 0.2) is 0 Å². The molecular formula is C13H30N2O2. The number of hydrogen-bond donors (Lipinski definition) is 2. The number of nitrogens with one attached hydrogen (secondary N) is 2. The van der Waals surface area contributed by atoms with E-state index in [0.717, 1.165) is 6.42 Å². The monoisotopic (exact) mass is 246 g/mol. The van der Waals surface area contributed by atoms with E-state index in [0.29, 0.717) is 13.1 Å². The van der Waals surface area contributed by atoms with Gasteiger partial charge in [0.2, 0.25) is 11.8 Å². The number of amides is 2. The summed E-state index contributed by atoms with van der Waals surface area (Å²) in [6.07, 6.45) is 1.49. The number of carbonyl (C=O) groups is 2. The normalized spacial score (nSPS) is 7.88. The minimum absolute atomic E-state index is 0.0481. The Bertz CT molecular complexity index is 171. The van der Waals surface area contributed by atoms with E-state index in [9.17, 15) is 9.59 Å². The van der Waals surface area contributed by atoms with Gasteiger partial charge in [0, 0.05) is 25.9 Å². The number of carbonyl (C=O) groups excluding carboxylic acids is 2. The summed E-state index contributed by atoms with van der Waals surface area (Å²) in [6.45, 7) is 13.2. The van der Waals surface area contributed by atoms with Crippen molar-refractivity contribution in [2.75, 3.05) is 13.1 Å². The second kappa shape index (κ2) is 20.4. The molecule has 2 amide bonds. The van der Waals surface area contributed by atoms with Gasteiger partial charge in [0.25, 0.3) is 0 Å². The van der Waals surface area contributed by atoms with Crippen LogP contribution in [0.4, 0.5) is 0 Å². The molecule has 104 valence electrons. The summed E-state index contributed by atoms with van der Waals surface area (Å²) in [5, 5.41) is 5.35. The molecule has 0 saturated heterocycles. The average Bonchev–Trinajstić information content (AvgIpc) is 2.39. The van der Waals surface area contributed by atoms with Crippen molar-refractivity contribution in [1.82, 2.24) is 10.6 Å². The third-order valence-corrected chi connectivity index (χ3v) is 1.53. The zero-order valence-corrected chi connectivity index (χ0v) is 12.4. The van der Waals surface area contributed by atoms with Gasteiger partial charge in [-0.25, -0.2) is 0 Å². The minimum Gasteiger partial charge on any atom is -0.356 e. The standard InChI is InChI=1S/C9H18N2O2.2C2H6/c1-3-7-11-9(13)6-5-8(12)10-4-2;2*1-2/h3-7H2,1-2H3,(H,10,12)(H,11,13);2*1-2H3. The van der Waals surface area contributed by atoms with Gasteiger partial charge in [-0.15, -0.1) is 0 Å². The summed E-state index contributed by atoms with van der Waals surface area (Å²) >= 11 is 0. The molecule has 0 aromatic carbocycles. The zero-order valence-electron chi connectivity index (χ0n) is 12.4. The molecule has 0 aliphatic heterocycles. The molecular weight excluding hydrogens is 216 g/mol. The van der Waals surface area contributed by atoms with E-state index in [1.807, 2.05) is 41.5 Å². The second-order valence-corrected chi connectivity index (χ2v) is 2.80. The first kappa shape index (κ1) is 21.2. The van der Waals surface area contributed by atoms with Gasteiger partial charge >= 0.3 is 0 Å². The molecule has 0 atom stereocenters. The first-order valence-electron chi connectivity index (χ1n) is 6.74. The van der Waals surface area contributed by atoms with Crippen LogP contribution in [-0.2, 0) is 9.59 Å². The molecule has 0 saturated carbocycles. The van der Waals surface area contributed by atoms with Crippen LogP contribution in [0, 0.1) is 0 Å². The van der Waals surface area contributed by atoms with E-state index >= 15 is 0 Å². The molecule has 0 aromatic heterocycles. The summed E-state index contributed by atoms with van der Waals surface area (Å²) in [6, 6.07) is 0. The van der Waals surface area contributed by atoms with Gasteiger partial charge in [-0.05, 0) is 13.3 Å². The third kappa shape index (κ3) is 20.9. The van der Waals surface area contributed by atoms with Gasteiger partial charge in [0.1, 0.15) is 0 Å². The lowest BCUT2D eigenvalue weighted by Gasteiger charge is -2.03. The van der Waals surface area contributed by atoms with E-state index in [2.05, 4.69) is 10.6 Å². The average molecular weight is 246 g/mol. The first-order valence-corrected chi connectivity index (χ1v) is 6.74. The molecule has 2 N–H and O–H groups in total. The predicted octanol–water partition coefficient (Wildman–Crippen LogP) is 2.48. The molecule has 0 rings (SSSR count). The minimum atomic E-state index is -0.0610. The molecule has 0 fully saturated rings. The van der Waals surface area contributed by atoms with Crippen molar-refractivity contribution >= 4 is 11.8 Å². The highest BCUT2D eigenvalue weighted by atomic mass is 16.2. The van der Waals surface area contributed by atoms with Crippen LogP contribution in [-0.4, -0.2) is 24.9 Å². The van der Waals surface area contributed by atoms with Gasteiger partial charge in [-0.2, -0.15) is 0 Å². The molecule has 4 heteroatoms. The lowest BCUT2D eigenvalue weighted by atomic mass is 10.3. The topological polar surface area (TPSA) is 58.2 Å². The third-order valence-electron chi connectivity index (χ3n) is 1.53. The van der Waals surface area contributed by atoms with E-state index in [1.165, 1.54) is 0 Å². The number of hydrogen-bond acceptors (Lipinski definition) is 2. The predicted molar refractivity (Wildman–Crippen MR) is 73.9 cm³/mol. The summed E-state index contributed by atoms with van der Waals surface area (Å²) in [5.41, 5.74) is 0. The van der Waals surface area contributed by atoms with Gasteiger partial charge in [0.05, 0.1) is 0 Å². The molecule has 17 heavy (non-hydrogen) atoms. The van der Waals surface area contributed by atoms with E-state index in [4.69, 9.17) is 0 Å². The highest BCUT2D eigenvalue weighted by molar-refractivity contribution is 5.83. The number of rotatable bonds is 6. The Hall–Kier alpha value is -1.06. The van der Waals surface area contributed by atoms with Crippen molar-refractivity contribution in [3.63, 3.8) is 0 Å². The SMILES string of the molecule is CC.CC.CCCNC(=O)CCC(=O)NCC. The molecule has 0 unspecified atom stereocenters. The molecule has 0 aliphatic rings. The molecule has 0 aromatic rings. The van der Waals surface area contributed by atoms with Gasteiger partial charge < -0.3 is 10.6 Å². The zero-order chi connectivity index (χ0) is 14.1. The van der Waals surface area contributed by atoms with Crippen molar-refractivity contribution in [3.8, 4) is 0 Å². The first-order chi connectivity index (χ1) is 8.20. The van der Waals surface area contributed by atoms with Crippen molar-refractivity contribution in [2.24, 2.45) is 0 Å². The summed E-state index contributed by atoms with van der Waals surface area (Å²) < 4.78 is 0. The van der Waals surface area contributed by atoms with Crippen LogP contribution < -0.4 is 10.6 Å². The van der Waals surface area contributed by atoms with Gasteiger partial charge in [-0.1, -0.05) is 34.6 Å². The smallest absolute Gasteiger partial charge is 0.220 e. The fourth-order valence-electron chi connectivity index (χ4n) is 0.865. The maximum Gasteiger partial charge on any atom is 0.220 e. The lowest BCUT2D eigenvalue weighted by molar-refractivity contribution is -0.126. The molecule has 0 heterocycles. The molecule has 0 aliphatic carbocycles. The van der Waals surface area contributed by atoms with Crippen molar-refractivity contribution in [3.05, 3.63) is 0 Å². The Morgan fingerprint density at radius 2 is 1.24 bits per heavy atom. The molecule has 0 radical (unpaired) electrons. The van der Waals surface area contributed by atoms with E-state index in [-0.39, 0.29) is 24.7 Å². The summed E-state index contributed by atoms with van der Waals surface area (Å²) in [4.78, 5) is 21.9. The second-order valence-electron chi connectivity index (χ2n) is 2.80. The van der Waals surface area contributed by atoms with Gasteiger partial charge in [0.15, 0.2) is 0 Å². The van der Waals surface area contributed by atoms with E-state index in [1.54, 1.807) is 0 Å². The molecule has 0 bridgehead atoms. The maximum absolute atomic E-state index is 11.0. The highest BCUT2D eigenvalue weighted by Gasteiger charge is 2.04. The molecule has 4 nitrogen and oxygen atoms in total. The van der Waals surface area contributed by atoms with Crippen LogP contribution in [0.2, 0.25) is 0 Å². The maximum atomic E-state index is 11.0. The fraction of sp³-hybridized carbons (Fsp3) is 0.846. The summed E-state index contributed by atoms with van der Waals surface area (Å²) in [5.74, 6) is -0.109. The Labute approximate surface area is 107 Å². The fourth-order valence-corrected chi connectivity index (χ4v) is 0.865.